The molecule has 1 unspecified atom stereocenters. The van der Waals surface area contributed by atoms with Crippen molar-refractivity contribution >= 4 is 11.6 Å². The highest BCUT2D eigenvalue weighted by Crippen LogP contribution is 2.19. The molecule has 1 aromatic carbocycles. The van der Waals surface area contributed by atoms with E-state index in [-0.39, 0.29) is 12.0 Å². The van der Waals surface area contributed by atoms with E-state index >= 15 is 0 Å². The van der Waals surface area contributed by atoms with Gasteiger partial charge >= 0.3 is 0 Å². The largest absolute Gasteiger partial charge is 0.389 e. The van der Waals surface area contributed by atoms with Crippen molar-refractivity contribution in [2.75, 3.05) is 6.61 Å². The summed E-state index contributed by atoms with van der Waals surface area (Å²) in [7, 11) is 0. The van der Waals surface area contributed by atoms with Gasteiger partial charge in [0.1, 0.15) is 0 Å². The van der Waals surface area contributed by atoms with E-state index in [0.29, 0.717) is 18.2 Å². The number of rotatable bonds is 6. The Hall–Kier alpha value is -1.50. The van der Waals surface area contributed by atoms with Gasteiger partial charge < -0.3 is 9.84 Å². The Morgan fingerprint density at radius 3 is 2.73 bits per heavy atom. The van der Waals surface area contributed by atoms with Crippen molar-refractivity contribution < 1.29 is 9.84 Å². The molecular weight excluding hydrogens is 304 g/mol. The molecular formula is C15H21ClN4O2. The third-order valence-corrected chi connectivity index (χ3v) is 3.48. The second kappa shape index (κ2) is 7.17. The Morgan fingerprint density at radius 1 is 1.32 bits per heavy atom. The molecule has 7 heteroatoms. The van der Waals surface area contributed by atoms with Crippen molar-refractivity contribution in [1.82, 2.24) is 20.2 Å². The second-order valence-electron chi connectivity index (χ2n) is 6.19. The smallest absolute Gasteiger partial charge is 0.156 e. The molecule has 120 valence electrons. The number of aliphatic hydroxyl groups excluding tert-OH is 1. The van der Waals surface area contributed by atoms with E-state index in [1.165, 1.54) is 0 Å². The van der Waals surface area contributed by atoms with Crippen molar-refractivity contribution in [3.8, 4) is 0 Å². The zero-order valence-corrected chi connectivity index (χ0v) is 13.8. The topological polar surface area (TPSA) is 73.1 Å². The van der Waals surface area contributed by atoms with Gasteiger partial charge in [0.05, 0.1) is 25.9 Å². The maximum atomic E-state index is 10.1. The van der Waals surface area contributed by atoms with Gasteiger partial charge in [-0.15, -0.1) is 5.10 Å². The van der Waals surface area contributed by atoms with Crippen LogP contribution in [0.4, 0.5) is 0 Å². The maximum absolute atomic E-state index is 10.1. The molecule has 0 aliphatic rings. The van der Waals surface area contributed by atoms with Crippen LogP contribution < -0.4 is 0 Å². The fourth-order valence-corrected chi connectivity index (χ4v) is 2.23. The van der Waals surface area contributed by atoms with Gasteiger partial charge in [-0.2, -0.15) is 0 Å². The molecule has 1 N–H and O–H groups in total. The predicted octanol–water partition coefficient (Wildman–Crippen LogP) is 2.20. The summed E-state index contributed by atoms with van der Waals surface area (Å²) < 4.78 is 7.13. The molecule has 1 aromatic heterocycles. The van der Waals surface area contributed by atoms with E-state index in [1.54, 1.807) is 4.68 Å². The van der Waals surface area contributed by atoms with Gasteiger partial charge in [-0.25, -0.2) is 4.68 Å². The van der Waals surface area contributed by atoms with Gasteiger partial charge in [-0.05, 0) is 22.1 Å². The Bertz CT molecular complexity index is 610. The molecule has 0 radical (unpaired) electrons. The summed E-state index contributed by atoms with van der Waals surface area (Å²) >= 11 is 6.05. The van der Waals surface area contributed by atoms with E-state index in [2.05, 4.69) is 15.5 Å². The van der Waals surface area contributed by atoms with E-state index in [0.717, 1.165) is 11.4 Å². The lowest BCUT2D eigenvalue weighted by Crippen LogP contribution is -2.27. The summed E-state index contributed by atoms with van der Waals surface area (Å²) in [6, 6.07) is 7.48. The molecule has 0 spiro atoms. The molecule has 2 rings (SSSR count). The van der Waals surface area contributed by atoms with Crippen molar-refractivity contribution in [2.45, 2.75) is 45.4 Å². The van der Waals surface area contributed by atoms with Crippen LogP contribution in [0.1, 0.15) is 32.2 Å². The summed E-state index contributed by atoms with van der Waals surface area (Å²) in [4.78, 5) is 0. The molecule has 0 aliphatic carbocycles. The number of benzene rings is 1. The number of halogens is 1. The fraction of sp³-hybridized carbons (Fsp3) is 0.533. The maximum Gasteiger partial charge on any atom is 0.156 e. The van der Waals surface area contributed by atoms with Crippen molar-refractivity contribution in [1.29, 1.82) is 0 Å². The van der Waals surface area contributed by atoms with E-state index < -0.39 is 6.10 Å². The number of aliphatic hydroxyl groups is 1. The van der Waals surface area contributed by atoms with Crippen LogP contribution in [0.2, 0.25) is 5.02 Å². The first-order valence-corrected chi connectivity index (χ1v) is 7.51. The van der Waals surface area contributed by atoms with Crippen LogP contribution in [0.25, 0.3) is 0 Å². The Labute approximate surface area is 135 Å². The minimum absolute atomic E-state index is 0.179. The predicted molar refractivity (Wildman–Crippen MR) is 83.6 cm³/mol. The molecule has 1 atom stereocenters. The summed E-state index contributed by atoms with van der Waals surface area (Å²) in [6.45, 7) is 6.91. The summed E-state index contributed by atoms with van der Waals surface area (Å²) in [5, 5.41) is 22.4. The van der Waals surface area contributed by atoms with Gasteiger partial charge in [-0.1, -0.05) is 50.6 Å². The van der Waals surface area contributed by atoms with Crippen molar-refractivity contribution in [2.24, 2.45) is 0 Å². The lowest BCUT2D eigenvalue weighted by Gasteiger charge is -2.19. The first kappa shape index (κ1) is 16.9. The minimum atomic E-state index is -0.688. The van der Waals surface area contributed by atoms with Gasteiger partial charge in [0.2, 0.25) is 0 Å². The molecule has 2 aromatic rings. The number of ether oxygens (including phenoxy) is 1. The Balaban J connectivity index is 1.85. The zero-order chi connectivity index (χ0) is 16.2. The highest BCUT2D eigenvalue weighted by Gasteiger charge is 2.23. The minimum Gasteiger partial charge on any atom is -0.389 e. The van der Waals surface area contributed by atoms with Crippen molar-refractivity contribution in [3.63, 3.8) is 0 Å². The molecule has 0 fully saturated rings. The van der Waals surface area contributed by atoms with Crippen LogP contribution in [-0.4, -0.2) is 38.0 Å². The van der Waals surface area contributed by atoms with Crippen LogP contribution >= 0.6 is 11.6 Å². The zero-order valence-electron chi connectivity index (χ0n) is 13.0. The molecule has 0 amide bonds. The average Bonchev–Trinajstić information content (AvgIpc) is 2.89. The van der Waals surface area contributed by atoms with Gasteiger partial charge in [0.25, 0.3) is 0 Å². The molecule has 0 saturated carbocycles. The number of tetrazole rings is 1. The first-order valence-electron chi connectivity index (χ1n) is 7.14. The van der Waals surface area contributed by atoms with Gasteiger partial charge in [0, 0.05) is 10.4 Å². The van der Waals surface area contributed by atoms with E-state index in [4.69, 9.17) is 16.3 Å². The third-order valence-electron chi connectivity index (χ3n) is 3.11. The normalized spacial score (nSPS) is 13.3. The Kier molecular flexibility index (Phi) is 5.50. The summed E-state index contributed by atoms with van der Waals surface area (Å²) in [5.74, 6) is 0.734. The van der Waals surface area contributed by atoms with Crippen LogP contribution in [0.15, 0.2) is 24.3 Å². The summed E-state index contributed by atoms with van der Waals surface area (Å²) in [5.41, 5.74) is 0.718. The number of hydrogen-bond donors (Lipinski definition) is 1. The molecule has 0 bridgehead atoms. The third kappa shape index (κ3) is 4.50. The van der Waals surface area contributed by atoms with E-state index in [9.17, 15) is 5.11 Å². The van der Waals surface area contributed by atoms with Gasteiger partial charge in [0.15, 0.2) is 5.82 Å². The number of nitrogens with zero attached hydrogens (tertiary/aromatic N) is 4. The lowest BCUT2D eigenvalue weighted by atomic mass is 9.96. The SMILES string of the molecule is CC(C)(C)c1nnnn1CC(O)COCc1ccccc1Cl. The van der Waals surface area contributed by atoms with E-state index in [1.807, 2.05) is 45.0 Å². The summed E-state index contributed by atoms with van der Waals surface area (Å²) in [6.07, 6.45) is -0.688. The number of aromatic nitrogens is 4. The Morgan fingerprint density at radius 2 is 2.05 bits per heavy atom. The molecule has 6 nitrogen and oxygen atoms in total. The molecule has 0 aliphatic heterocycles. The van der Waals surface area contributed by atoms with Crippen LogP contribution in [0.3, 0.4) is 0 Å². The average molecular weight is 325 g/mol. The quantitative estimate of drug-likeness (QED) is 0.882. The molecule has 22 heavy (non-hydrogen) atoms. The number of hydrogen-bond acceptors (Lipinski definition) is 5. The van der Waals surface area contributed by atoms with Crippen molar-refractivity contribution in [3.05, 3.63) is 40.7 Å². The highest BCUT2D eigenvalue weighted by atomic mass is 35.5. The molecule has 0 saturated heterocycles. The second-order valence-corrected chi connectivity index (χ2v) is 6.60. The lowest BCUT2D eigenvalue weighted by molar-refractivity contribution is 0.0177. The molecule has 1 heterocycles. The fourth-order valence-electron chi connectivity index (χ4n) is 2.04. The van der Waals surface area contributed by atoms with Gasteiger partial charge in [-0.3, -0.25) is 0 Å². The first-order chi connectivity index (χ1) is 10.4. The van der Waals surface area contributed by atoms with Crippen LogP contribution in [0, 0.1) is 0 Å². The highest BCUT2D eigenvalue weighted by molar-refractivity contribution is 6.31. The van der Waals surface area contributed by atoms with Crippen LogP contribution in [-0.2, 0) is 23.3 Å². The standard InChI is InChI=1S/C15H21ClN4O2/c1-15(2,3)14-17-18-19-20(14)8-12(21)10-22-9-11-6-4-5-7-13(11)16/h4-7,12,21H,8-10H2,1-3H3. The monoisotopic (exact) mass is 324 g/mol. The van der Waals surface area contributed by atoms with Crippen LogP contribution in [0.5, 0.6) is 0 Å².